The SMILES string of the molecule is COc1ccc(-c2ccc3ncc(CN4CCOCC4)n3c2)cc1NS(=O)(=O)c1ccccc1. The molecule has 0 saturated carbocycles. The molecular formula is C25H26N4O4S. The highest BCUT2D eigenvalue weighted by atomic mass is 32.2. The van der Waals surface area contributed by atoms with Gasteiger partial charge in [0.1, 0.15) is 11.4 Å². The topological polar surface area (TPSA) is 85.2 Å². The number of morpholine rings is 1. The Morgan fingerprint density at radius 3 is 2.56 bits per heavy atom. The first-order valence-electron chi connectivity index (χ1n) is 11.1. The summed E-state index contributed by atoms with van der Waals surface area (Å²) in [5.41, 5.74) is 4.14. The maximum absolute atomic E-state index is 12.9. The summed E-state index contributed by atoms with van der Waals surface area (Å²) in [5.74, 6) is 0.444. The highest BCUT2D eigenvalue weighted by molar-refractivity contribution is 7.92. The summed E-state index contributed by atoms with van der Waals surface area (Å²) in [7, 11) is -2.24. The molecule has 0 radical (unpaired) electrons. The fourth-order valence-corrected chi connectivity index (χ4v) is 5.16. The third kappa shape index (κ3) is 4.63. The van der Waals surface area contributed by atoms with Gasteiger partial charge < -0.3 is 13.9 Å². The minimum Gasteiger partial charge on any atom is -0.495 e. The minimum absolute atomic E-state index is 0.190. The van der Waals surface area contributed by atoms with Crippen LogP contribution >= 0.6 is 0 Å². The van der Waals surface area contributed by atoms with Crippen molar-refractivity contribution in [3.8, 4) is 16.9 Å². The van der Waals surface area contributed by atoms with Crippen molar-refractivity contribution in [1.29, 1.82) is 0 Å². The number of aromatic nitrogens is 2. The van der Waals surface area contributed by atoms with E-state index in [1.165, 1.54) is 7.11 Å². The smallest absolute Gasteiger partial charge is 0.262 e. The molecule has 3 heterocycles. The number of anilines is 1. The lowest BCUT2D eigenvalue weighted by Gasteiger charge is -2.26. The number of ether oxygens (including phenoxy) is 2. The zero-order valence-corrected chi connectivity index (χ0v) is 19.7. The van der Waals surface area contributed by atoms with Crippen LogP contribution in [0.2, 0.25) is 0 Å². The van der Waals surface area contributed by atoms with E-state index in [1.54, 1.807) is 42.5 Å². The molecule has 9 heteroatoms. The molecule has 1 N–H and O–H groups in total. The second-order valence-electron chi connectivity index (χ2n) is 8.12. The first-order valence-corrected chi connectivity index (χ1v) is 12.5. The lowest BCUT2D eigenvalue weighted by atomic mass is 10.1. The van der Waals surface area contributed by atoms with Crippen molar-refractivity contribution >= 4 is 21.4 Å². The molecule has 5 rings (SSSR count). The maximum atomic E-state index is 12.9. The van der Waals surface area contributed by atoms with Crippen LogP contribution in [0.25, 0.3) is 16.8 Å². The molecule has 0 amide bonds. The van der Waals surface area contributed by atoms with Crippen molar-refractivity contribution < 1.29 is 17.9 Å². The molecule has 1 fully saturated rings. The van der Waals surface area contributed by atoms with Crippen LogP contribution in [0.5, 0.6) is 5.75 Å². The number of pyridine rings is 1. The Balaban J connectivity index is 1.47. The summed E-state index contributed by atoms with van der Waals surface area (Å²) < 4.78 is 41.4. The Morgan fingerprint density at radius 1 is 1.03 bits per heavy atom. The molecule has 4 aromatic rings. The van der Waals surface area contributed by atoms with Gasteiger partial charge in [-0.3, -0.25) is 9.62 Å². The van der Waals surface area contributed by atoms with Gasteiger partial charge in [0, 0.05) is 25.8 Å². The fraction of sp³-hybridized carbons (Fsp3) is 0.240. The van der Waals surface area contributed by atoms with Crippen molar-refractivity contribution in [2.75, 3.05) is 38.1 Å². The lowest BCUT2D eigenvalue weighted by molar-refractivity contribution is 0.0335. The summed E-state index contributed by atoms with van der Waals surface area (Å²) in [6.45, 7) is 4.08. The summed E-state index contributed by atoms with van der Waals surface area (Å²) in [5, 5.41) is 0. The molecule has 0 bridgehead atoms. The second-order valence-corrected chi connectivity index (χ2v) is 9.80. The average molecular weight is 479 g/mol. The zero-order chi connectivity index (χ0) is 23.5. The van der Waals surface area contributed by atoms with E-state index in [1.807, 2.05) is 30.6 Å². The Kier molecular flexibility index (Phi) is 6.23. The van der Waals surface area contributed by atoms with Crippen LogP contribution < -0.4 is 9.46 Å². The van der Waals surface area contributed by atoms with Crippen molar-refractivity contribution in [2.45, 2.75) is 11.4 Å². The number of methoxy groups -OCH3 is 1. The van der Waals surface area contributed by atoms with Gasteiger partial charge in [0.25, 0.3) is 10.0 Å². The predicted molar refractivity (Wildman–Crippen MR) is 131 cm³/mol. The molecule has 1 aliphatic rings. The lowest BCUT2D eigenvalue weighted by Crippen LogP contribution is -2.35. The Morgan fingerprint density at radius 2 is 1.79 bits per heavy atom. The third-order valence-electron chi connectivity index (χ3n) is 5.90. The van der Waals surface area contributed by atoms with E-state index in [4.69, 9.17) is 9.47 Å². The standard InChI is InChI=1S/C25H26N4O4S/c1-32-24-9-7-19(15-23(24)27-34(30,31)22-5-3-2-4-6-22)20-8-10-25-26-16-21(29(25)17-20)18-28-11-13-33-14-12-28/h2-10,15-17,27H,11-14,18H2,1H3. The number of imidazole rings is 1. The first-order chi connectivity index (χ1) is 16.5. The molecule has 1 aliphatic heterocycles. The van der Waals surface area contributed by atoms with Crippen molar-refractivity contribution in [3.05, 3.63) is 78.8 Å². The Bertz CT molecular complexity index is 1400. The number of sulfonamides is 1. The van der Waals surface area contributed by atoms with Crippen LogP contribution in [0.3, 0.4) is 0 Å². The van der Waals surface area contributed by atoms with Crippen LogP contribution in [0.1, 0.15) is 5.69 Å². The van der Waals surface area contributed by atoms with Gasteiger partial charge in [-0.2, -0.15) is 0 Å². The van der Waals surface area contributed by atoms with Gasteiger partial charge in [0.2, 0.25) is 0 Å². The number of nitrogens with one attached hydrogen (secondary N) is 1. The van der Waals surface area contributed by atoms with Crippen LogP contribution in [0.4, 0.5) is 5.69 Å². The van der Waals surface area contributed by atoms with Crippen molar-refractivity contribution in [1.82, 2.24) is 14.3 Å². The van der Waals surface area contributed by atoms with Gasteiger partial charge in [0.05, 0.1) is 42.8 Å². The van der Waals surface area contributed by atoms with Crippen LogP contribution in [-0.2, 0) is 21.3 Å². The van der Waals surface area contributed by atoms with Gasteiger partial charge in [0.15, 0.2) is 0 Å². The molecule has 2 aromatic carbocycles. The highest BCUT2D eigenvalue weighted by Gasteiger charge is 2.18. The number of fused-ring (bicyclic) bond motifs is 1. The molecule has 1 saturated heterocycles. The zero-order valence-electron chi connectivity index (χ0n) is 18.8. The van der Waals surface area contributed by atoms with E-state index in [-0.39, 0.29) is 4.90 Å². The number of hydrogen-bond donors (Lipinski definition) is 1. The second kappa shape index (κ2) is 9.46. The number of rotatable bonds is 7. The summed E-state index contributed by atoms with van der Waals surface area (Å²) in [4.78, 5) is 7.08. The third-order valence-corrected chi connectivity index (χ3v) is 7.28. The number of benzene rings is 2. The molecule has 0 atom stereocenters. The van der Waals surface area contributed by atoms with Crippen molar-refractivity contribution in [2.24, 2.45) is 0 Å². The summed E-state index contributed by atoms with van der Waals surface area (Å²) in [6.07, 6.45) is 3.94. The Labute approximate surface area is 198 Å². The first kappa shape index (κ1) is 22.4. The molecule has 0 spiro atoms. The highest BCUT2D eigenvalue weighted by Crippen LogP contribution is 2.32. The maximum Gasteiger partial charge on any atom is 0.262 e. The molecule has 176 valence electrons. The van der Waals surface area contributed by atoms with Crippen LogP contribution in [0, 0.1) is 0 Å². The largest absolute Gasteiger partial charge is 0.495 e. The van der Waals surface area contributed by atoms with Crippen molar-refractivity contribution in [3.63, 3.8) is 0 Å². The van der Waals surface area contributed by atoms with E-state index < -0.39 is 10.0 Å². The monoisotopic (exact) mass is 478 g/mol. The number of nitrogens with zero attached hydrogens (tertiary/aromatic N) is 3. The molecular weight excluding hydrogens is 452 g/mol. The van der Waals surface area contributed by atoms with E-state index in [0.717, 1.165) is 55.3 Å². The minimum atomic E-state index is -3.75. The average Bonchev–Trinajstić information content (AvgIpc) is 3.27. The molecule has 2 aromatic heterocycles. The van der Waals surface area contributed by atoms with E-state index in [9.17, 15) is 8.42 Å². The van der Waals surface area contributed by atoms with Gasteiger partial charge in [-0.15, -0.1) is 0 Å². The van der Waals surface area contributed by atoms with Gasteiger partial charge >= 0.3 is 0 Å². The van der Waals surface area contributed by atoms with Crippen LogP contribution in [-0.4, -0.2) is 56.1 Å². The normalized spacial score (nSPS) is 14.9. The van der Waals surface area contributed by atoms with Gasteiger partial charge in [-0.05, 0) is 47.5 Å². The van der Waals surface area contributed by atoms with E-state index in [2.05, 4.69) is 19.0 Å². The molecule has 0 unspecified atom stereocenters. The van der Waals surface area contributed by atoms with E-state index >= 15 is 0 Å². The summed E-state index contributed by atoms with van der Waals surface area (Å²) >= 11 is 0. The van der Waals surface area contributed by atoms with E-state index in [0.29, 0.717) is 11.4 Å². The molecule has 8 nitrogen and oxygen atoms in total. The van der Waals surface area contributed by atoms with Crippen LogP contribution in [0.15, 0.2) is 78.0 Å². The molecule has 34 heavy (non-hydrogen) atoms. The number of hydrogen-bond acceptors (Lipinski definition) is 6. The fourth-order valence-electron chi connectivity index (χ4n) is 4.08. The van der Waals surface area contributed by atoms with Gasteiger partial charge in [-0.25, -0.2) is 13.4 Å². The molecule has 0 aliphatic carbocycles. The summed E-state index contributed by atoms with van der Waals surface area (Å²) in [6, 6.07) is 17.7. The predicted octanol–water partition coefficient (Wildman–Crippen LogP) is 3.64. The van der Waals surface area contributed by atoms with Gasteiger partial charge in [-0.1, -0.05) is 24.3 Å². The quantitative estimate of drug-likeness (QED) is 0.437. The Hall–Kier alpha value is -3.40.